The Bertz CT molecular complexity index is 1220. The van der Waals surface area contributed by atoms with Crippen molar-refractivity contribution in [3.8, 4) is 0 Å². The summed E-state index contributed by atoms with van der Waals surface area (Å²) in [5.41, 5.74) is 2.93. The van der Waals surface area contributed by atoms with Gasteiger partial charge in [0, 0.05) is 29.3 Å². The standard InChI is InChI=1S/C24H23N3O3S/c1-2-17(18-8-4-3-5-9-18)16-25-24(28)19-12-14-20(15-13-19)26-23-21-10-6-7-11-22(21)31(29,30)27-23/h3-15,17H,2,16H2,1H3,(H,25,28)(H,26,27). The Labute approximate surface area is 182 Å². The summed E-state index contributed by atoms with van der Waals surface area (Å²) in [6.45, 7) is 2.67. The largest absolute Gasteiger partial charge is 0.351 e. The number of rotatable bonds is 6. The van der Waals surface area contributed by atoms with Crippen LogP contribution in [0.15, 0.2) is 88.2 Å². The number of amidine groups is 1. The molecule has 0 bridgehead atoms. The number of carbonyl (C=O) groups excluding carboxylic acids is 1. The summed E-state index contributed by atoms with van der Waals surface area (Å²) in [5, 5.41) is 6.04. The molecule has 7 heteroatoms. The molecule has 1 atom stereocenters. The number of hydrogen-bond acceptors (Lipinski definition) is 4. The smallest absolute Gasteiger partial charge is 0.285 e. The minimum absolute atomic E-state index is 0.146. The maximum atomic E-state index is 12.6. The molecule has 2 N–H and O–H groups in total. The molecule has 0 fully saturated rings. The molecular formula is C24H23N3O3S. The molecule has 3 aromatic rings. The number of sulfonamides is 1. The fourth-order valence-corrected chi connectivity index (χ4v) is 4.75. The van der Waals surface area contributed by atoms with Gasteiger partial charge in [0.15, 0.2) is 5.84 Å². The first-order chi connectivity index (χ1) is 15.0. The van der Waals surface area contributed by atoms with Gasteiger partial charge in [-0.3, -0.25) is 4.79 Å². The van der Waals surface area contributed by atoms with Gasteiger partial charge in [-0.25, -0.2) is 0 Å². The van der Waals surface area contributed by atoms with Crippen molar-refractivity contribution in [2.75, 3.05) is 11.9 Å². The molecule has 31 heavy (non-hydrogen) atoms. The normalized spacial score (nSPS) is 14.9. The van der Waals surface area contributed by atoms with Crippen molar-refractivity contribution in [1.29, 1.82) is 0 Å². The molecule has 158 valence electrons. The molecule has 1 amide bonds. The summed E-state index contributed by atoms with van der Waals surface area (Å²) in [7, 11) is -3.68. The highest BCUT2D eigenvalue weighted by Crippen LogP contribution is 2.26. The fourth-order valence-electron chi connectivity index (χ4n) is 3.58. The van der Waals surface area contributed by atoms with Crippen LogP contribution < -0.4 is 10.6 Å². The monoisotopic (exact) mass is 433 g/mol. The van der Waals surface area contributed by atoms with E-state index in [0.717, 1.165) is 6.42 Å². The second kappa shape index (κ2) is 8.73. The van der Waals surface area contributed by atoms with Gasteiger partial charge >= 0.3 is 0 Å². The molecule has 3 aromatic carbocycles. The summed E-state index contributed by atoms with van der Waals surface area (Å²) in [5.74, 6) is 0.391. The number of benzene rings is 3. The van der Waals surface area contributed by atoms with Gasteiger partial charge in [-0.15, -0.1) is 4.40 Å². The van der Waals surface area contributed by atoms with Gasteiger partial charge in [0.05, 0.1) is 0 Å². The Kier molecular flexibility index (Phi) is 5.86. The Morgan fingerprint density at radius 3 is 2.32 bits per heavy atom. The summed E-state index contributed by atoms with van der Waals surface area (Å²) in [4.78, 5) is 12.8. The fraction of sp³-hybridized carbons (Fsp3) is 0.167. The second-order valence-corrected chi connectivity index (χ2v) is 8.91. The summed E-state index contributed by atoms with van der Waals surface area (Å²) in [6.07, 6.45) is 0.930. The third kappa shape index (κ3) is 4.51. The van der Waals surface area contributed by atoms with E-state index in [1.165, 1.54) is 11.6 Å². The highest BCUT2D eigenvalue weighted by atomic mass is 32.2. The number of carbonyl (C=O) groups is 1. The van der Waals surface area contributed by atoms with Gasteiger partial charge < -0.3 is 10.6 Å². The number of amides is 1. The van der Waals surface area contributed by atoms with Gasteiger partial charge in [0.25, 0.3) is 15.9 Å². The van der Waals surface area contributed by atoms with E-state index in [-0.39, 0.29) is 22.6 Å². The van der Waals surface area contributed by atoms with E-state index in [1.807, 2.05) is 18.2 Å². The highest BCUT2D eigenvalue weighted by Gasteiger charge is 2.28. The number of fused-ring (bicyclic) bond motifs is 1. The van der Waals surface area contributed by atoms with Gasteiger partial charge in [-0.05, 0) is 48.4 Å². The lowest BCUT2D eigenvalue weighted by Crippen LogP contribution is -2.28. The van der Waals surface area contributed by atoms with E-state index in [4.69, 9.17) is 0 Å². The molecule has 4 rings (SSSR count). The zero-order valence-corrected chi connectivity index (χ0v) is 17.9. The lowest BCUT2D eigenvalue weighted by atomic mass is 9.96. The van der Waals surface area contributed by atoms with Gasteiger partial charge in [0.2, 0.25) is 0 Å². The van der Waals surface area contributed by atoms with Crippen molar-refractivity contribution in [1.82, 2.24) is 5.32 Å². The Morgan fingerprint density at radius 2 is 1.61 bits per heavy atom. The molecule has 0 saturated heterocycles. The lowest BCUT2D eigenvalue weighted by Gasteiger charge is -2.16. The second-order valence-electron chi connectivity index (χ2n) is 7.34. The predicted octanol–water partition coefficient (Wildman–Crippen LogP) is 4.17. The molecular weight excluding hydrogens is 410 g/mol. The van der Waals surface area contributed by atoms with Crippen molar-refractivity contribution in [2.24, 2.45) is 4.40 Å². The van der Waals surface area contributed by atoms with Crippen LogP contribution in [0.1, 0.15) is 40.7 Å². The van der Waals surface area contributed by atoms with Crippen LogP contribution in [0.3, 0.4) is 0 Å². The van der Waals surface area contributed by atoms with E-state index in [0.29, 0.717) is 23.4 Å². The van der Waals surface area contributed by atoms with E-state index in [9.17, 15) is 13.2 Å². The van der Waals surface area contributed by atoms with E-state index < -0.39 is 10.0 Å². The Balaban J connectivity index is 1.41. The summed E-state index contributed by atoms with van der Waals surface area (Å²) >= 11 is 0. The summed E-state index contributed by atoms with van der Waals surface area (Å²) < 4.78 is 28.2. The minimum Gasteiger partial charge on any atom is -0.351 e. The molecule has 6 nitrogen and oxygen atoms in total. The molecule has 0 saturated carbocycles. The van der Waals surface area contributed by atoms with Crippen LogP contribution in [0.25, 0.3) is 0 Å². The number of nitrogens with zero attached hydrogens (tertiary/aromatic N) is 1. The van der Waals surface area contributed by atoms with Crippen LogP contribution in [0, 0.1) is 0 Å². The molecule has 0 aliphatic carbocycles. The third-order valence-corrected chi connectivity index (χ3v) is 6.65. The van der Waals surface area contributed by atoms with Gasteiger partial charge in [-0.2, -0.15) is 8.42 Å². The molecule has 0 aromatic heterocycles. The number of nitrogens with one attached hydrogen (secondary N) is 2. The van der Waals surface area contributed by atoms with Crippen LogP contribution in [0.2, 0.25) is 0 Å². The van der Waals surface area contributed by atoms with Crippen molar-refractivity contribution in [3.63, 3.8) is 0 Å². The molecule has 1 heterocycles. The first kappa shape index (κ1) is 20.8. The van der Waals surface area contributed by atoms with Crippen LogP contribution >= 0.6 is 0 Å². The van der Waals surface area contributed by atoms with Crippen LogP contribution in [-0.4, -0.2) is 26.7 Å². The number of anilines is 1. The van der Waals surface area contributed by atoms with E-state index >= 15 is 0 Å². The zero-order valence-electron chi connectivity index (χ0n) is 17.1. The van der Waals surface area contributed by atoms with Gasteiger partial charge in [0.1, 0.15) is 4.90 Å². The van der Waals surface area contributed by atoms with Crippen molar-refractivity contribution in [3.05, 3.63) is 95.6 Å². The first-order valence-electron chi connectivity index (χ1n) is 10.1. The van der Waals surface area contributed by atoms with Crippen LogP contribution in [0.4, 0.5) is 5.69 Å². The summed E-state index contributed by atoms with van der Waals surface area (Å²) in [6, 6.07) is 23.7. The molecule has 1 aliphatic heterocycles. The molecule has 1 aliphatic rings. The Morgan fingerprint density at radius 1 is 0.935 bits per heavy atom. The minimum atomic E-state index is -3.68. The average molecular weight is 434 g/mol. The maximum Gasteiger partial charge on any atom is 0.285 e. The average Bonchev–Trinajstić information content (AvgIpc) is 3.05. The molecule has 0 spiro atoms. The van der Waals surface area contributed by atoms with E-state index in [2.05, 4.69) is 34.1 Å². The van der Waals surface area contributed by atoms with Crippen molar-refractivity contribution >= 4 is 27.5 Å². The van der Waals surface area contributed by atoms with Crippen molar-refractivity contribution in [2.45, 2.75) is 24.2 Å². The highest BCUT2D eigenvalue weighted by molar-refractivity contribution is 7.90. The SMILES string of the molecule is CCC(CNC(=O)c1ccc(NC2=NS(=O)(=O)c3ccccc32)cc1)c1ccccc1. The quantitative estimate of drug-likeness (QED) is 0.611. The van der Waals surface area contributed by atoms with Crippen LogP contribution in [0.5, 0.6) is 0 Å². The maximum absolute atomic E-state index is 12.6. The van der Waals surface area contributed by atoms with Crippen LogP contribution in [-0.2, 0) is 10.0 Å². The van der Waals surface area contributed by atoms with Crippen molar-refractivity contribution < 1.29 is 13.2 Å². The predicted molar refractivity (Wildman–Crippen MR) is 122 cm³/mol. The Hall–Kier alpha value is -3.45. The lowest BCUT2D eigenvalue weighted by molar-refractivity contribution is 0.0951. The molecule has 0 radical (unpaired) electrons. The van der Waals surface area contributed by atoms with E-state index in [1.54, 1.807) is 42.5 Å². The number of hydrogen-bond donors (Lipinski definition) is 2. The third-order valence-electron chi connectivity index (χ3n) is 5.31. The van der Waals surface area contributed by atoms with Gasteiger partial charge in [-0.1, -0.05) is 49.4 Å². The zero-order chi connectivity index (χ0) is 21.8. The topological polar surface area (TPSA) is 87.6 Å². The first-order valence-corrected chi connectivity index (χ1v) is 11.6. The molecule has 1 unspecified atom stereocenters.